The van der Waals surface area contributed by atoms with Gasteiger partial charge in [-0.2, -0.15) is 0 Å². The molecule has 0 radical (unpaired) electrons. The van der Waals surface area contributed by atoms with E-state index in [1.54, 1.807) is 0 Å². The van der Waals surface area contributed by atoms with Crippen molar-refractivity contribution in [3.63, 3.8) is 0 Å². The molecule has 1 nitrogen and oxygen atoms in total. The molecule has 1 N–H and O–H groups in total. The number of phenols is 1. The molecule has 54 valence electrons. The lowest BCUT2D eigenvalue weighted by Crippen LogP contribution is -1.79. The van der Waals surface area contributed by atoms with E-state index in [0.29, 0.717) is 3.57 Å². The van der Waals surface area contributed by atoms with Gasteiger partial charge in [0, 0.05) is 3.57 Å². The Morgan fingerprint density at radius 1 is 1.50 bits per heavy atom. The van der Waals surface area contributed by atoms with Crippen LogP contribution in [0.4, 0.5) is 4.39 Å². The quantitative estimate of drug-likeness (QED) is 0.569. The van der Waals surface area contributed by atoms with Gasteiger partial charge in [0.2, 0.25) is 0 Å². The molecule has 1 aromatic carbocycles. The first-order valence-corrected chi connectivity index (χ1v) is 3.90. The van der Waals surface area contributed by atoms with Gasteiger partial charge in [-0.25, -0.2) is 4.39 Å². The van der Waals surface area contributed by atoms with E-state index in [4.69, 9.17) is 16.7 Å². The van der Waals surface area contributed by atoms with Crippen molar-refractivity contribution in [2.24, 2.45) is 0 Å². The minimum atomic E-state index is -0.592. The SMILES string of the molecule is Oc1cc(I)cc(F)c1Cl. The Morgan fingerprint density at radius 3 is 2.60 bits per heavy atom. The van der Waals surface area contributed by atoms with Gasteiger partial charge >= 0.3 is 0 Å². The van der Waals surface area contributed by atoms with Gasteiger partial charge in [0.15, 0.2) is 0 Å². The van der Waals surface area contributed by atoms with Gasteiger partial charge in [0.1, 0.15) is 16.6 Å². The van der Waals surface area contributed by atoms with Crippen molar-refractivity contribution in [2.75, 3.05) is 0 Å². The molecular formula is C6H3ClFIO. The van der Waals surface area contributed by atoms with E-state index < -0.39 is 5.82 Å². The first kappa shape index (κ1) is 8.07. The molecule has 0 bridgehead atoms. The molecule has 1 aromatic rings. The lowest BCUT2D eigenvalue weighted by Gasteiger charge is -1.97. The number of rotatable bonds is 0. The summed E-state index contributed by atoms with van der Waals surface area (Å²) in [6, 6.07) is 2.65. The Labute approximate surface area is 76.0 Å². The maximum Gasteiger partial charge on any atom is 0.146 e. The van der Waals surface area contributed by atoms with Gasteiger partial charge in [-0.1, -0.05) is 11.6 Å². The number of halogens is 3. The number of hydrogen-bond acceptors (Lipinski definition) is 1. The van der Waals surface area contributed by atoms with Gasteiger partial charge in [-0.05, 0) is 34.7 Å². The van der Waals surface area contributed by atoms with Crippen molar-refractivity contribution >= 4 is 34.2 Å². The lowest BCUT2D eigenvalue weighted by molar-refractivity contribution is 0.469. The molecule has 0 aliphatic carbocycles. The number of hydrogen-bond donors (Lipinski definition) is 1. The van der Waals surface area contributed by atoms with Crippen molar-refractivity contribution < 1.29 is 9.50 Å². The van der Waals surface area contributed by atoms with Gasteiger partial charge < -0.3 is 5.11 Å². The van der Waals surface area contributed by atoms with Crippen LogP contribution in [0, 0.1) is 9.39 Å². The van der Waals surface area contributed by atoms with Crippen LogP contribution < -0.4 is 0 Å². The molecule has 0 saturated carbocycles. The van der Waals surface area contributed by atoms with Crippen molar-refractivity contribution in [3.05, 3.63) is 26.5 Å². The van der Waals surface area contributed by atoms with Crippen LogP contribution >= 0.6 is 34.2 Å². The van der Waals surface area contributed by atoms with Crippen molar-refractivity contribution in [1.29, 1.82) is 0 Å². The maximum atomic E-state index is 12.5. The van der Waals surface area contributed by atoms with Crippen LogP contribution in [0.5, 0.6) is 5.75 Å². The second-order valence-electron chi connectivity index (χ2n) is 1.72. The molecule has 0 saturated heterocycles. The summed E-state index contributed by atoms with van der Waals surface area (Å²) < 4.78 is 13.2. The topological polar surface area (TPSA) is 20.2 Å². The first-order chi connectivity index (χ1) is 4.61. The Morgan fingerprint density at radius 2 is 2.10 bits per heavy atom. The lowest BCUT2D eigenvalue weighted by atomic mass is 10.3. The van der Waals surface area contributed by atoms with Crippen LogP contribution in [0.1, 0.15) is 0 Å². The second kappa shape index (κ2) is 2.92. The van der Waals surface area contributed by atoms with Crippen molar-refractivity contribution in [1.82, 2.24) is 0 Å². The molecule has 1 rings (SSSR count). The summed E-state index contributed by atoms with van der Waals surface area (Å²) in [6.45, 7) is 0. The summed E-state index contributed by atoms with van der Waals surface area (Å²) in [4.78, 5) is 0. The summed E-state index contributed by atoms with van der Waals surface area (Å²) in [5, 5.41) is 8.68. The fraction of sp³-hybridized carbons (Fsp3) is 0. The fourth-order valence-electron chi connectivity index (χ4n) is 0.542. The molecule has 0 aliphatic heterocycles. The number of benzene rings is 1. The zero-order valence-electron chi connectivity index (χ0n) is 4.74. The molecule has 0 heterocycles. The molecule has 4 heteroatoms. The third-order valence-electron chi connectivity index (χ3n) is 0.974. The van der Waals surface area contributed by atoms with E-state index >= 15 is 0 Å². The Bertz CT molecular complexity index is 241. The highest BCUT2D eigenvalue weighted by Gasteiger charge is 2.05. The van der Waals surface area contributed by atoms with Gasteiger partial charge in [0.25, 0.3) is 0 Å². The van der Waals surface area contributed by atoms with E-state index in [9.17, 15) is 4.39 Å². The largest absolute Gasteiger partial charge is 0.506 e. The van der Waals surface area contributed by atoms with Crippen LogP contribution in [-0.4, -0.2) is 5.11 Å². The second-order valence-corrected chi connectivity index (χ2v) is 3.34. The fourth-order valence-corrected chi connectivity index (χ4v) is 1.22. The maximum absolute atomic E-state index is 12.5. The zero-order chi connectivity index (χ0) is 7.72. The molecule has 0 atom stereocenters. The Kier molecular flexibility index (Phi) is 2.36. The van der Waals surface area contributed by atoms with E-state index in [0.717, 1.165) is 0 Å². The average molecular weight is 272 g/mol. The summed E-state index contributed by atoms with van der Waals surface area (Å²) >= 11 is 7.21. The van der Waals surface area contributed by atoms with Crippen LogP contribution in [-0.2, 0) is 0 Å². The van der Waals surface area contributed by atoms with Gasteiger partial charge in [0.05, 0.1) is 0 Å². The van der Waals surface area contributed by atoms with Crippen molar-refractivity contribution in [3.8, 4) is 5.75 Å². The molecule has 0 spiro atoms. The van der Waals surface area contributed by atoms with Crippen LogP contribution in [0.3, 0.4) is 0 Å². The van der Waals surface area contributed by atoms with E-state index in [1.807, 2.05) is 22.6 Å². The highest BCUT2D eigenvalue weighted by molar-refractivity contribution is 14.1. The predicted molar refractivity (Wildman–Crippen MR) is 45.8 cm³/mol. The highest BCUT2D eigenvalue weighted by Crippen LogP contribution is 2.27. The molecule has 0 aromatic heterocycles. The zero-order valence-corrected chi connectivity index (χ0v) is 7.65. The molecule has 0 unspecified atom stereocenters. The molecule has 0 amide bonds. The summed E-state index contributed by atoms with van der Waals surface area (Å²) in [7, 11) is 0. The van der Waals surface area contributed by atoms with E-state index in [2.05, 4.69) is 0 Å². The monoisotopic (exact) mass is 272 g/mol. The molecule has 0 aliphatic rings. The van der Waals surface area contributed by atoms with E-state index in [-0.39, 0.29) is 10.8 Å². The van der Waals surface area contributed by atoms with Crippen LogP contribution in [0.2, 0.25) is 5.02 Å². The minimum Gasteiger partial charge on any atom is -0.506 e. The highest BCUT2D eigenvalue weighted by atomic mass is 127. The Balaban J connectivity index is 3.31. The smallest absolute Gasteiger partial charge is 0.146 e. The summed E-state index contributed by atoms with van der Waals surface area (Å²) in [5.41, 5.74) is 0. The summed E-state index contributed by atoms with van der Waals surface area (Å²) in [5.74, 6) is -0.808. The number of aromatic hydroxyl groups is 1. The molecule has 0 fully saturated rings. The normalized spacial score (nSPS) is 9.90. The third kappa shape index (κ3) is 1.52. The van der Waals surface area contributed by atoms with E-state index in [1.165, 1.54) is 12.1 Å². The van der Waals surface area contributed by atoms with Gasteiger partial charge in [-0.3, -0.25) is 0 Å². The average Bonchev–Trinajstić information content (AvgIpc) is 1.82. The van der Waals surface area contributed by atoms with Crippen LogP contribution in [0.25, 0.3) is 0 Å². The van der Waals surface area contributed by atoms with Crippen LogP contribution in [0.15, 0.2) is 12.1 Å². The standard InChI is InChI=1S/C6H3ClFIO/c7-6-4(8)1-3(9)2-5(6)10/h1-2,10H. The summed E-state index contributed by atoms with van der Waals surface area (Å²) in [6.07, 6.45) is 0. The first-order valence-electron chi connectivity index (χ1n) is 2.45. The van der Waals surface area contributed by atoms with Gasteiger partial charge in [-0.15, -0.1) is 0 Å². The number of phenolic OH excluding ortho intramolecular Hbond substituents is 1. The Hall–Kier alpha value is -0.0300. The molecular weight excluding hydrogens is 269 g/mol. The predicted octanol–water partition coefficient (Wildman–Crippen LogP) is 2.79. The third-order valence-corrected chi connectivity index (χ3v) is 1.97. The van der Waals surface area contributed by atoms with Crippen molar-refractivity contribution in [2.45, 2.75) is 0 Å². The molecule has 10 heavy (non-hydrogen) atoms. The minimum absolute atomic E-state index is 0.217.